The van der Waals surface area contributed by atoms with Gasteiger partial charge in [-0.2, -0.15) is 0 Å². The third-order valence-electron chi connectivity index (χ3n) is 32.4. The van der Waals surface area contributed by atoms with Crippen LogP contribution in [0.5, 0.6) is 0 Å². The van der Waals surface area contributed by atoms with E-state index in [-0.39, 0.29) is 0 Å². The summed E-state index contributed by atoms with van der Waals surface area (Å²) in [5.41, 5.74) is 30.9. The molecule has 36 rings (SSSR count). The van der Waals surface area contributed by atoms with Crippen molar-refractivity contribution in [3.8, 4) is 34.3 Å². The number of para-hydroxylation sites is 10. The largest absolute Gasteiger partial charge is 0.308 e. The average molecular weight is 1870 g/mol. The van der Waals surface area contributed by atoms with Gasteiger partial charge in [0.25, 0.3) is 0 Å². The van der Waals surface area contributed by atoms with Gasteiger partial charge in [0.1, 0.15) is 11.5 Å². The molecule has 12 heteroatoms. The van der Waals surface area contributed by atoms with Gasteiger partial charge < -0.3 is 31.5 Å². The van der Waals surface area contributed by atoms with E-state index in [0.717, 1.165) is 67.4 Å². The molecule has 147 heavy (non-hydrogen) atoms. The molecule has 0 aliphatic rings. The van der Waals surface area contributed by atoms with E-state index in [9.17, 15) is 0 Å². The average Bonchev–Trinajstić information content (AvgIpc) is 1.52. The first-order valence-electron chi connectivity index (χ1n) is 50.4. The van der Waals surface area contributed by atoms with Crippen molar-refractivity contribution in [3.05, 3.63) is 474 Å². The Kier molecular flexibility index (Phi) is 15.7. The summed E-state index contributed by atoms with van der Waals surface area (Å²) in [6.07, 6.45) is 7.85. The number of aromatic nitrogens is 12. The Morgan fingerprint density at radius 3 is 0.898 bits per heavy atom. The minimum atomic E-state index is 0.918. The molecule has 0 radical (unpaired) electrons. The van der Waals surface area contributed by atoms with Crippen LogP contribution in [0.3, 0.4) is 0 Å². The monoisotopic (exact) mass is 1870 g/mol. The topological polar surface area (TPSA) is 81.5 Å². The van der Waals surface area contributed by atoms with Gasteiger partial charge in [0.15, 0.2) is 0 Å². The molecule has 0 fully saturated rings. The lowest BCUT2D eigenvalue weighted by molar-refractivity contribution is 1.08. The van der Waals surface area contributed by atoms with Crippen LogP contribution in [0.25, 0.3) is 312 Å². The number of hydrogen-bond donors (Lipinski definition) is 0. The third-order valence-corrected chi connectivity index (χ3v) is 32.4. The van der Waals surface area contributed by atoms with Gasteiger partial charge in [0.05, 0.1) is 123 Å². The van der Waals surface area contributed by atoms with Crippen molar-refractivity contribution in [2.24, 2.45) is 0 Å². The Hall–Kier alpha value is -20.0. The molecule has 0 aliphatic carbocycles. The van der Waals surface area contributed by atoms with Crippen LogP contribution >= 0.6 is 0 Å². The van der Waals surface area contributed by atoms with Crippen molar-refractivity contribution in [1.29, 1.82) is 0 Å². The highest BCUT2D eigenvalue weighted by atomic mass is 15.1. The molecule has 0 saturated carbocycles. The Labute approximate surface area is 835 Å². The van der Waals surface area contributed by atoms with Crippen LogP contribution in [0.1, 0.15) is 0 Å². The zero-order chi connectivity index (χ0) is 95.4. The number of nitrogens with zero attached hydrogens (tertiary/aromatic N) is 12. The van der Waals surface area contributed by atoms with Gasteiger partial charge >= 0.3 is 0 Å². The highest BCUT2D eigenvalue weighted by molar-refractivity contribution is 6.41. The molecule has 0 bridgehead atoms. The third kappa shape index (κ3) is 10.5. The van der Waals surface area contributed by atoms with Crippen LogP contribution in [0, 0.1) is 0 Å². The van der Waals surface area contributed by atoms with Crippen molar-refractivity contribution < 1.29 is 0 Å². The van der Waals surface area contributed by atoms with E-state index in [1.54, 1.807) is 0 Å². The van der Waals surface area contributed by atoms with Gasteiger partial charge in [-0.15, -0.1) is 0 Å². The summed E-state index contributed by atoms with van der Waals surface area (Å²) in [5.74, 6) is 0.918. The Morgan fingerprint density at radius 1 is 0.143 bits per heavy atom. The number of benzene rings is 21. The second kappa shape index (κ2) is 29.4. The van der Waals surface area contributed by atoms with Gasteiger partial charge in [-0.3, -0.25) is 14.1 Å². The fourth-order valence-electron chi connectivity index (χ4n) is 26.6. The van der Waals surface area contributed by atoms with Gasteiger partial charge in [-0.05, 0) is 208 Å². The summed E-state index contributed by atoms with van der Waals surface area (Å²) in [4.78, 5) is 14.8. The predicted octanol–water partition coefficient (Wildman–Crippen LogP) is 34.7. The Balaban J connectivity index is 0.0000000945. The molecule has 678 valence electrons. The second-order valence-electron chi connectivity index (χ2n) is 39.5. The quantitative estimate of drug-likeness (QED) is 0.166. The van der Waals surface area contributed by atoms with Gasteiger partial charge in [0.2, 0.25) is 0 Å². The summed E-state index contributed by atoms with van der Waals surface area (Å²) < 4.78 is 21.9. The van der Waals surface area contributed by atoms with Crippen LogP contribution in [-0.4, -0.2) is 55.6 Å². The van der Waals surface area contributed by atoms with Crippen molar-refractivity contribution in [1.82, 2.24) is 55.6 Å². The molecule has 36 aromatic rings. The van der Waals surface area contributed by atoms with E-state index >= 15 is 0 Å². The molecule has 12 nitrogen and oxygen atoms in total. The fraction of sp³-hybridized carbons (Fsp3) is 0. The minimum absolute atomic E-state index is 0.918. The smallest absolute Gasteiger partial charge is 0.145 e. The van der Waals surface area contributed by atoms with E-state index in [1.807, 2.05) is 24.7 Å². The Bertz CT molecular complexity index is 11000. The first-order chi connectivity index (χ1) is 73.0. The molecule has 0 aliphatic heterocycles. The lowest BCUT2D eigenvalue weighted by atomic mass is 10.0. The highest BCUT2D eigenvalue weighted by Gasteiger charge is 2.32. The number of rotatable bonds is 6. The van der Waals surface area contributed by atoms with Crippen LogP contribution in [-0.2, 0) is 0 Å². The van der Waals surface area contributed by atoms with Crippen molar-refractivity contribution >= 4 is 278 Å². The second-order valence-corrected chi connectivity index (χ2v) is 39.5. The van der Waals surface area contributed by atoms with Crippen molar-refractivity contribution in [2.75, 3.05) is 0 Å². The summed E-state index contributed by atoms with van der Waals surface area (Å²) >= 11 is 0. The van der Waals surface area contributed by atoms with Gasteiger partial charge in [-0.25, -0.2) is 9.97 Å². The van der Waals surface area contributed by atoms with E-state index in [0.29, 0.717) is 0 Å². The van der Waals surface area contributed by atoms with Gasteiger partial charge in [0, 0.05) is 170 Å². The molecule has 0 amide bonds. The van der Waals surface area contributed by atoms with E-state index in [2.05, 4.69) is 495 Å². The zero-order valence-electron chi connectivity index (χ0n) is 78.9. The first-order valence-corrected chi connectivity index (χ1v) is 50.4. The summed E-state index contributed by atoms with van der Waals surface area (Å²) in [7, 11) is 0. The molecular weight excluding hydrogens is 1790 g/mol. The maximum Gasteiger partial charge on any atom is 0.145 e. The van der Waals surface area contributed by atoms with E-state index in [4.69, 9.17) is 9.97 Å². The van der Waals surface area contributed by atoms with E-state index < -0.39 is 0 Å². The summed E-state index contributed by atoms with van der Waals surface area (Å²) in [5, 5.41) is 37.8. The van der Waals surface area contributed by atoms with Crippen molar-refractivity contribution in [2.45, 2.75) is 0 Å². The molecule has 0 saturated heterocycles. The molecule has 15 aromatic heterocycles. The summed E-state index contributed by atoms with van der Waals surface area (Å²) in [6.45, 7) is 0. The van der Waals surface area contributed by atoms with Crippen LogP contribution in [0.2, 0.25) is 0 Å². The maximum atomic E-state index is 5.32. The maximum absolute atomic E-state index is 5.32. The lowest BCUT2D eigenvalue weighted by Gasteiger charge is -2.11. The fourth-order valence-corrected chi connectivity index (χ4v) is 26.6. The summed E-state index contributed by atoms with van der Waals surface area (Å²) in [6, 6.07) is 164. The highest BCUT2D eigenvalue weighted by Crippen LogP contribution is 2.54. The molecule has 21 aromatic carbocycles. The normalized spacial score (nSPS) is 12.5. The Morgan fingerprint density at radius 2 is 0.456 bits per heavy atom. The molecule has 0 N–H and O–H groups in total. The molecule has 0 unspecified atom stereocenters. The molecule has 0 spiro atoms. The number of hydrogen-bond acceptors (Lipinski definition) is 3. The SMILES string of the molecule is c1ccc(-n2c3ccc(-n4c5ccc6ccccc6c5c5cc6c7ccccc7n7c8ccccc8c(c54)c67)cc3c3cccnc32)cc1.c1ccc(-n2c3ccc(-n4c5ccc6ccccc6c5c5cc6c7ccccc7n7c8ccccc8c(c54)c67)cc3c3ccncc32)cc1.c1ccc(-n2c3ccccc3c3cc(-n4c5ccc6ccccc6c5c5cc6c7ccccc7n7c8ccccc8c(c54)c67)ncc32)cc1. The predicted molar refractivity (Wildman–Crippen MR) is 615 cm³/mol. The van der Waals surface area contributed by atoms with Crippen LogP contribution < -0.4 is 0 Å². The number of pyridine rings is 3. The van der Waals surface area contributed by atoms with Gasteiger partial charge in [-0.1, -0.05) is 273 Å². The first kappa shape index (κ1) is 78.8. The number of fused-ring (bicyclic) bond motifs is 45. The van der Waals surface area contributed by atoms with Crippen LogP contribution in [0.4, 0.5) is 0 Å². The van der Waals surface area contributed by atoms with E-state index in [1.165, 1.54) is 244 Å². The molecule has 0 atom stereocenters. The van der Waals surface area contributed by atoms with Crippen LogP contribution in [0.15, 0.2) is 474 Å². The van der Waals surface area contributed by atoms with Crippen molar-refractivity contribution in [3.63, 3.8) is 0 Å². The molecular formula is C135H78N12. The minimum Gasteiger partial charge on any atom is -0.308 e. The molecule has 15 heterocycles. The standard InChI is InChI=1S/3C45H26N4/c1-2-13-28(14-3-1)47-36-19-9-6-16-30(36)33-25-41(46-26-40(33)47)49-39-23-22-27-12-4-5-15-29(27)42(39)35-24-34-31-17-7-10-20-37(31)48-38-21-11-8-18-32(38)43(44(34)48)45(35)49;1-2-12-28(13-3-1)48-39-23-21-29(25-34(39)32-17-10-24-46-45(32)48)47-40-22-20-27-11-4-5-14-30(27)41(40)36-26-35-31-15-6-8-18-37(31)49-38-19-9-7-16-33(38)42(43(35)49)44(36)47;1-2-11-28(12-3-1)47-39-21-19-29(24-34(39)32-22-23-46-26-41(32)47)48-40-20-18-27-10-4-5-13-30(27)42(40)36-25-35-31-14-6-8-16-37(31)49-38-17-9-7-15-33(38)43(44(35)49)45(36)48/h3*1-26H. The zero-order valence-corrected chi connectivity index (χ0v) is 78.9. The lowest BCUT2D eigenvalue weighted by Crippen LogP contribution is -1.99.